The normalized spacial score (nSPS) is 21.2. The minimum Gasteiger partial charge on any atom is -0.466 e. The molecule has 1 fully saturated rings. The van der Waals surface area contributed by atoms with Gasteiger partial charge in [0, 0.05) is 13.1 Å². The Labute approximate surface area is 96.7 Å². The first-order chi connectivity index (χ1) is 7.86. The molecular weight excluding hydrogens is 239 g/mol. The van der Waals surface area contributed by atoms with Gasteiger partial charge in [0.25, 0.3) is 0 Å². The van der Waals surface area contributed by atoms with Crippen molar-refractivity contribution in [2.75, 3.05) is 19.7 Å². The Morgan fingerprint density at radius 3 is 2.59 bits per heavy atom. The zero-order valence-electron chi connectivity index (χ0n) is 9.42. The third-order valence-corrected chi connectivity index (χ3v) is 2.57. The van der Waals surface area contributed by atoms with E-state index in [2.05, 4.69) is 0 Å². The van der Waals surface area contributed by atoms with E-state index in [0.717, 1.165) is 0 Å². The summed E-state index contributed by atoms with van der Waals surface area (Å²) in [5.41, 5.74) is 0. The topological polar surface area (TPSA) is 46.6 Å². The summed E-state index contributed by atoms with van der Waals surface area (Å²) in [5, 5.41) is 0. The van der Waals surface area contributed by atoms with Crippen LogP contribution in [0.2, 0.25) is 0 Å². The summed E-state index contributed by atoms with van der Waals surface area (Å²) in [6.07, 6.45) is -4.04. The van der Waals surface area contributed by atoms with Gasteiger partial charge in [0.2, 0.25) is 0 Å². The molecule has 0 spiro atoms. The van der Waals surface area contributed by atoms with Gasteiger partial charge in [-0.15, -0.1) is 0 Å². The van der Waals surface area contributed by atoms with Gasteiger partial charge in [-0.25, -0.2) is 0 Å². The number of ether oxygens (including phenoxy) is 1. The lowest BCUT2D eigenvalue weighted by atomic mass is 9.98. The molecule has 4 nitrogen and oxygen atoms in total. The largest absolute Gasteiger partial charge is 0.471 e. The SMILES string of the molecule is CCOC(=O)C1CCCN(C(=O)C(F)(F)F)C1. The molecule has 1 unspecified atom stereocenters. The number of esters is 1. The van der Waals surface area contributed by atoms with Crippen molar-refractivity contribution in [2.45, 2.75) is 25.9 Å². The van der Waals surface area contributed by atoms with Gasteiger partial charge in [-0.05, 0) is 19.8 Å². The highest BCUT2D eigenvalue weighted by molar-refractivity contribution is 5.83. The number of halogens is 3. The van der Waals surface area contributed by atoms with Gasteiger partial charge in [-0.1, -0.05) is 0 Å². The smallest absolute Gasteiger partial charge is 0.466 e. The standard InChI is InChI=1S/C10H14F3NO3/c1-2-17-8(15)7-4-3-5-14(6-7)9(16)10(11,12)13/h7H,2-6H2,1H3. The lowest BCUT2D eigenvalue weighted by molar-refractivity contribution is -0.188. The molecule has 0 saturated carbocycles. The molecular formula is C10H14F3NO3. The number of amides is 1. The molecule has 0 aromatic heterocycles. The van der Waals surface area contributed by atoms with Crippen LogP contribution in [0.3, 0.4) is 0 Å². The summed E-state index contributed by atoms with van der Waals surface area (Å²) in [6, 6.07) is 0. The first-order valence-corrected chi connectivity index (χ1v) is 5.39. The summed E-state index contributed by atoms with van der Waals surface area (Å²) in [5.74, 6) is -3.06. The molecule has 0 aromatic rings. The van der Waals surface area contributed by atoms with E-state index in [1.54, 1.807) is 6.92 Å². The van der Waals surface area contributed by atoms with Gasteiger partial charge in [-0.3, -0.25) is 9.59 Å². The third-order valence-electron chi connectivity index (χ3n) is 2.57. The fourth-order valence-electron chi connectivity index (χ4n) is 1.79. The van der Waals surface area contributed by atoms with Crippen molar-refractivity contribution in [2.24, 2.45) is 5.92 Å². The fourth-order valence-corrected chi connectivity index (χ4v) is 1.79. The number of carbonyl (C=O) groups excluding carboxylic acids is 2. The number of hydrogen-bond donors (Lipinski definition) is 0. The van der Waals surface area contributed by atoms with E-state index in [1.165, 1.54) is 0 Å². The number of carbonyl (C=O) groups is 2. The molecule has 1 amide bonds. The lowest BCUT2D eigenvalue weighted by Crippen LogP contribution is -2.48. The van der Waals surface area contributed by atoms with Crippen LogP contribution >= 0.6 is 0 Å². The van der Waals surface area contributed by atoms with E-state index >= 15 is 0 Å². The second kappa shape index (κ2) is 5.37. The van der Waals surface area contributed by atoms with Gasteiger partial charge in [0.15, 0.2) is 0 Å². The van der Waals surface area contributed by atoms with E-state index in [4.69, 9.17) is 4.74 Å². The molecule has 1 rings (SSSR count). The van der Waals surface area contributed by atoms with Gasteiger partial charge >= 0.3 is 18.1 Å². The van der Waals surface area contributed by atoms with E-state index in [1.807, 2.05) is 0 Å². The van der Waals surface area contributed by atoms with Crippen LogP contribution in [0.25, 0.3) is 0 Å². The molecule has 0 aliphatic carbocycles. The molecule has 1 aliphatic heterocycles. The average molecular weight is 253 g/mol. The molecule has 0 bridgehead atoms. The van der Waals surface area contributed by atoms with Gasteiger partial charge in [0.1, 0.15) is 0 Å². The van der Waals surface area contributed by atoms with Crippen LogP contribution in [0.5, 0.6) is 0 Å². The second-order valence-electron chi connectivity index (χ2n) is 3.84. The Balaban J connectivity index is 2.61. The van der Waals surface area contributed by atoms with Crippen molar-refractivity contribution in [1.82, 2.24) is 4.90 Å². The van der Waals surface area contributed by atoms with Crippen molar-refractivity contribution in [3.8, 4) is 0 Å². The Hall–Kier alpha value is -1.27. The minimum atomic E-state index is -4.88. The van der Waals surface area contributed by atoms with Crippen LogP contribution in [0.1, 0.15) is 19.8 Å². The van der Waals surface area contributed by atoms with Gasteiger partial charge in [-0.2, -0.15) is 13.2 Å². The number of nitrogens with zero attached hydrogens (tertiary/aromatic N) is 1. The Morgan fingerprint density at radius 1 is 1.41 bits per heavy atom. The molecule has 0 radical (unpaired) electrons. The molecule has 1 atom stereocenters. The second-order valence-corrected chi connectivity index (χ2v) is 3.84. The molecule has 98 valence electrons. The summed E-state index contributed by atoms with van der Waals surface area (Å²) in [6.45, 7) is 1.63. The molecule has 0 aromatic carbocycles. The van der Waals surface area contributed by atoms with Crippen molar-refractivity contribution in [3.05, 3.63) is 0 Å². The minimum absolute atomic E-state index is 0.0360. The summed E-state index contributed by atoms with van der Waals surface area (Å²) in [4.78, 5) is 23.0. The van der Waals surface area contributed by atoms with Gasteiger partial charge < -0.3 is 9.64 Å². The first kappa shape index (κ1) is 13.8. The monoisotopic (exact) mass is 253 g/mol. The van der Waals surface area contributed by atoms with E-state index < -0.39 is 24.0 Å². The molecule has 1 saturated heterocycles. The number of hydrogen-bond acceptors (Lipinski definition) is 3. The number of likely N-dealkylation sites (tertiary alicyclic amines) is 1. The lowest BCUT2D eigenvalue weighted by Gasteiger charge is -2.31. The molecule has 0 N–H and O–H groups in total. The number of piperidine rings is 1. The maximum absolute atomic E-state index is 12.2. The highest BCUT2D eigenvalue weighted by Gasteiger charge is 2.44. The fraction of sp³-hybridized carbons (Fsp3) is 0.800. The van der Waals surface area contributed by atoms with Crippen LogP contribution in [0.15, 0.2) is 0 Å². The predicted molar refractivity (Wildman–Crippen MR) is 52.0 cm³/mol. The van der Waals surface area contributed by atoms with Crippen LogP contribution in [-0.4, -0.2) is 42.6 Å². The van der Waals surface area contributed by atoms with Gasteiger partial charge in [0.05, 0.1) is 12.5 Å². The van der Waals surface area contributed by atoms with Crippen LogP contribution < -0.4 is 0 Å². The zero-order chi connectivity index (χ0) is 13.1. The highest BCUT2D eigenvalue weighted by atomic mass is 19.4. The summed E-state index contributed by atoms with van der Waals surface area (Å²) in [7, 11) is 0. The van der Waals surface area contributed by atoms with Crippen molar-refractivity contribution < 1.29 is 27.5 Å². The number of alkyl halides is 3. The quantitative estimate of drug-likeness (QED) is 0.698. The zero-order valence-corrected chi connectivity index (χ0v) is 9.42. The van der Waals surface area contributed by atoms with E-state index in [-0.39, 0.29) is 19.7 Å². The average Bonchev–Trinajstić information content (AvgIpc) is 2.27. The van der Waals surface area contributed by atoms with E-state index in [0.29, 0.717) is 17.7 Å². The predicted octanol–water partition coefficient (Wildman–Crippen LogP) is 1.35. The van der Waals surface area contributed by atoms with Crippen molar-refractivity contribution in [3.63, 3.8) is 0 Å². The Morgan fingerprint density at radius 2 is 2.06 bits per heavy atom. The molecule has 1 heterocycles. The first-order valence-electron chi connectivity index (χ1n) is 5.39. The Kier molecular flexibility index (Phi) is 4.36. The van der Waals surface area contributed by atoms with Crippen molar-refractivity contribution >= 4 is 11.9 Å². The van der Waals surface area contributed by atoms with Crippen LogP contribution in [-0.2, 0) is 14.3 Å². The molecule has 17 heavy (non-hydrogen) atoms. The van der Waals surface area contributed by atoms with Crippen LogP contribution in [0, 0.1) is 5.92 Å². The Bertz CT molecular complexity index is 304. The van der Waals surface area contributed by atoms with Crippen molar-refractivity contribution in [1.29, 1.82) is 0 Å². The van der Waals surface area contributed by atoms with E-state index in [9.17, 15) is 22.8 Å². The summed E-state index contributed by atoms with van der Waals surface area (Å²) >= 11 is 0. The van der Waals surface area contributed by atoms with Crippen LogP contribution in [0.4, 0.5) is 13.2 Å². The highest BCUT2D eigenvalue weighted by Crippen LogP contribution is 2.24. The maximum atomic E-state index is 12.2. The molecule has 7 heteroatoms. The third kappa shape index (κ3) is 3.61. The number of rotatable bonds is 2. The molecule has 1 aliphatic rings. The summed E-state index contributed by atoms with van der Waals surface area (Å²) < 4.78 is 41.3. The maximum Gasteiger partial charge on any atom is 0.471 e.